The lowest BCUT2D eigenvalue weighted by atomic mass is 9.76. The van der Waals surface area contributed by atoms with Gasteiger partial charge >= 0.3 is 0 Å². The maximum absolute atomic E-state index is 5.89. The summed E-state index contributed by atoms with van der Waals surface area (Å²) in [6.07, 6.45) is 9.58. The molecule has 0 bridgehead atoms. The van der Waals surface area contributed by atoms with E-state index in [-0.39, 0.29) is 5.54 Å². The van der Waals surface area contributed by atoms with E-state index in [0.29, 0.717) is 5.92 Å². The lowest BCUT2D eigenvalue weighted by Crippen LogP contribution is -2.40. The van der Waals surface area contributed by atoms with Crippen molar-refractivity contribution >= 4 is 16.9 Å². The molecule has 3 nitrogen and oxygen atoms in total. The maximum atomic E-state index is 5.89. The summed E-state index contributed by atoms with van der Waals surface area (Å²) in [7, 11) is 1.71. The molecule has 0 aromatic carbocycles. The average Bonchev–Trinajstić information content (AvgIpc) is 2.38. The van der Waals surface area contributed by atoms with Gasteiger partial charge in [-0.15, -0.1) is 0 Å². The number of nitrogens with two attached hydrogens (primary N) is 1. The van der Waals surface area contributed by atoms with Crippen molar-refractivity contribution in [2.45, 2.75) is 31.7 Å². The molecule has 0 amide bonds. The first kappa shape index (κ1) is 12.6. The molecule has 2 N–H and O–H groups in total. The van der Waals surface area contributed by atoms with Crippen molar-refractivity contribution in [1.29, 1.82) is 0 Å². The fourth-order valence-electron chi connectivity index (χ4n) is 2.58. The van der Waals surface area contributed by atoms with Gasteiger partial charge < -0.3 is 10.5 Å². The van der Waals surface area contributed by atoms with Crippen molar-refractivity contribution < 1.29 is 4.74 Å². The van der Waals surface area contributed by atoms with Gasteiger partial charge in [0.1, 0.15) is 5.76 Å². The smallest absolute Gasteiger partial charge is 0.154 e. The Bertz CT molecular complexity index is 376. The second-order valence-corrected chi connectivity index (χ2v) is 5.63. The van der Waals surface area contributed by atoms with Gasteiger partial charge in [-0.25, -0.2) is 0 Å². The summed E-state index contributed by atoms with van der Waals surface area (Å²) in [6, 6.07) is 0. The van der Waals surface area contributed by atoms with Gasteiger partial charge in [0.25, 0.3) is 0 Å². The van der Waals surface area contributed by atoms with Crippen molar-refractivity contribution in [3.05, 3.63) is 24.0 Å². The fraction of sp³-hybridized carbons (Fsp3) is 0.615. The van der Waals surface area contributed by atoms with E-state index in [4.69, 9.17) is 15.5 Å². The molecular weight excluding hydrogens is 232 g/mol. The molecule has 0 fully saturated rings. The molecule has 1 aliphatic heterocycles. The van der Waals surface area contributed by atoms with Gasteiger partial charge in [0.15, 0.2) is 5.17 Å². The Hall–Kier alpha value is -0.900. The van der Waals surface area contributed by atoms with E-state index in [1.165, 1.54) is 0 Å². The second-order valence-electron chi connectivity index (χ2n) is 4.52. The van der Waals surface area contributed by atoms with Crippen LogP contribution in [0.25, 0.3) is 0 Å². The van der Waals surface area contributed by atoms with Crippen LogP contribution < -0.4 is 5.73 Å². The first-order valence-electron chi connectivity index (χ1n) is 6.10. The Kier molecular flexibility index (Phi) is 3.82. The highest BCUT2D eigenvalue weighted by Gasteiger charge is 2.37. The molecule has 0 saturated carbocycles. The number of hydrogen-bond acceptors (Lipinski definition) is 4. The van der Waals surface area contributed by atoms with Crippen molar-refractivity contribution in [2.24, 2.45) is 16.6 Å². The van der Waals surface area contributed by atoms with Crippen molar-refractivity contribution in [3.63, 3.8) is 0 Å². The van der Waals surface area contributed by atoms with Crippen LogP contribution in [0.1, 0.15) is 26.2 Å². The molecule has 94 valence electrons. The van der Waals surface area contributed by atoms with Crippen LogP contribution in [0.3, 0.4) is 0 Å². The van der Waals surface area contributed by atoms with Crippen molar-refractivity contribution in [2.75, 3.05) is 12.9 Å². The number of ether oxygens (including phenoxy) is 1. The van der Waals surface area contributed by atoms with Gasteiger partial charge in [-0.1, -0.05) is 24.8 Å². The number of methoxy groups -OCH3 is 1. The van der Waals surface area contributed by atoms with E-state index in [2.05, 4.69) is 25.2 Å². The molecule has 1 aliphatic carbocycles. The number of thioether (sulfide) groups is 1. The zero-order chi connectivity index (χ0) is 12.3. The predicted molar refractivity (Wildman–Crippen MR) is 74.1 cm³/mol. The summed E-state index contributed by atoms with van der Waals surface area (Å²) < 4.78 is 5.22. The molecule has 1 heterocycles. The molecule has 2 aliphatic rings. The Morgan fingerprint density at radius 2 is 2.47 bits per heavy atom. The molecule has 0 spiro atoms. The largest absolute Gasteiger partial charge is 0.497 e. The number of aliphatic imine (C=N–C) groups is 1. The van der Waals surface area contributed by atoms with Crippen molar-refractivity contribution in [3.8, 4) is 0 Å². The summed E-state index contributed by atoms with van der Waals surface area (Å²) in [6.45, 7) is 2.20. The topological polar surface area (TPSA) is 47.6 Å². The number of allylic oxidation sites excluding steroid dienone is 2. The van der Waals surface area contributed by atoms with E-state index in [1.807, 2.05) is 0 Å². The molecule has 0 radical (unpaired) electrons. The predicted octanol–water partition coefficient (Wildman–Crippen LogP) is 2.69. The molecule has 0 saturated heterocycles. The van der Waals surface area contributed by atoms with Gasteiger partial charge in [-0.2, -0.15) is 0 Å². The van der Waals surface area contributed by atoms with Gasteiger partial charge in [-0.05, 0) is 31.4 Å². The van der Waals surface area contributed by atoms with Crippen LogP contribution >= 0.6 is 11.8 Å². The average molecular weight is 252 g/mol. The summed E-state index contributed by atoms with van der Waals surface area (Å²) in [5.74, 6) is 2.48. The molecule has 2 unspecified atom stereocenters. The summed E-state index contributed by atoms with van der Waals surface area (Å²) in [4.78, 5) is 4.74. The molecule has 4 heteroatoms. The summed E-state index contributed by atoms with van der Waals surface area (Å²) >= 11 is 1.67. The first-order valence-corrected chi connectivity index (χ1v) is 7.09. The highest BCUT2D eigenvalue weighted by molar-refractivity contribution is 8.13. The number of nitrogens with zero attached hydrogens (tertiary/aromatic N) is 1. The van der Waals surface area contributed by atoms with E-state index in [1.54, 1.807) is 18.9 Å². The third-order valence-electron chi connectivity index (χ3n) is 3.72. The Balaban J connectivity index is 2.18. The third-order valence-corrected chi connectivity index (χ3v) is 4.52. The highest BCUT2D eigenvalue weighted by atomic mass is 32.2. The van der Waals surface area contributed by atoms with E-state index < -0.39 is 0 Å². The lowest BCUT2D eigenvalue weighted by molar-refractivity contribution is 0.276. The quantitative estimate of drug-likeness (QED) is 0.840. The van der Waals surface area contributed by atoms with Crippen LogP contribution in [0.4, 0.5) is 0 Å². The number of amidine groups is 1. The summed E-state index contributed by atoms with van der Waals surface area (Å²) in [5.41, 5.74) is 5.90. The first-order chi connectivity index (χ1) is 8.20. The minimum absolute atomic E-state index is 0.00159. The van der Waals surface area contributed by atoms with Gasteiger partial charge in [0, 0.05) is 11.7 Å². The highest BCUT2D eigenvalue weighted by Crippen LogP contribution is 2.39. The molecular formula is C13H20N2OS. The van der Waals surface area contributed by atoms with E-state index in [0.717, 1.165) is 35.9 Å². The lowest BCUT2D eigenvalue weighted by Gasteiger charge is -2.38. The second kappa shape index (κ2) is 5.17. The van der Waals surface area contributed by atoms with Crippen LogP contribution in [0.2, 0.25) is 0 Å². The minimum atomic E-state index is 0.00159. The third kappa shape index (κ3) is 2.51. The molecule has 17 heavy (non-hydrogen) atoms. The summed E-state index contributed by atoms with van der Waals surface area (Å²) in [5, 5.41) is 0.744. The fourth-order valence-corrected chi connectivity index (χ4v) is 3.49. The molecule has 0 aromatic rings. The van der Waals surface area contributed by atoms with Crippen LogP contribution in [0.15, 0.2) is 29.0 Å². The maximum Gasteiger partial charge on any atom is 0.154 e. The van der Waals surface area contributed by atoms with Crippen LogP contribution in [-0.4, -0.2) is 23.6 Å². The van der Waals surface area contributed by atoms with Crippen LogP contribution in [-0.2, 0) is 4.74 Å². The van der Waals surface area contributed by atoms with Crippen LogP contribution in [0, 0.1) is 5.92 Å². The van der Waals surface area contributed by atoms with E-state index >= 15 is 0 Å². The van der Waals surface area contributed by atoms with Crippen LogP contribution in [0.5, 0.6) is 0 Å². The number of rotatable bonds is 3. The van der Waals surface area contributed by atoms with Gasteiger partial charge in [0.05, 0.1) is 12.6 Å². The zero-order valence-electron chi connectivity index (χ0n) is 10.5. The monoisotopic (exact) mass is 252 g/mol. The zero-order valence-corrected chi connectivity index (χ0v) is 11.3. The molecule has 2 atom stereocenters. The SMILES string of the molecule is CCC1(C2C=CC(OC)=CC2)CCSC(N)=N1. The Morgan fingerprint density at radius 1 is 1.65 bits per heavy atom. The standard InChI is InChI=1S/C13H20N2OS/c1-3-13(8-9-17-12(14)15-13)10-4-6-11(16-2)7-5-10/h4,6-7,10H,3,5,8-9H2,1-2H3,(H2,14,15). The Labute approximate surface area is 107 Å². The molecule has 2 rings (SSSR count). The number of hydrogen-bond donors (Lipinski definition) is 1. The van der Waals surface area contributed by atoms with Gasteiger partial charge in [-0.3, -0.25) is 4.99 Å². The normalized spacial score (nSPS) is 32.9. The molecule has 0 aromatic heterocycles. The van der Waals surface area contributed by atoms with E-state index in [9.17, 15) is 0 Å². The minimum Gasteiger partial charge on any atom is -0.497 e. The van der Waals surface area contributed by atoms with Gasteiger partial charge in [0.2, 0.25) is 0 Å². The Morgan fingerprint density at radius 3 is 3.00 bits per heavy atom. The van der Waals surface area contributed by atoms with Crippen molar-refractivity contribution in [1.82, 2.24) is 0 Å².